The maximum Gasteiger partial charge on any atom is 0.223 e. The van der Waals surface area contributed by atoms with E-state index in [1.165, 1.54) is 19.3 Å². The number of rotatable bonds is 2. The molecule has 0 aliphatic heterocycles. The van der Waals surface area contributed by atoms with E-state index in [0.717, 1.165) is 25.7 Å². The summed E-state index contributed by atoms with van der Waals surface area (Å²) < 4.78 is 0. The molecule has 0 saturated heterocycles. The quantitative estimate of drug-likeness (QED) is 0.696. The van der Waals surface area contributed by atoms with Gasteiger partial charge in [-0.25, -0.2) is 0 Å². The molecule has 2 aliphatic rings. The Labute approximate surface area is 85.4 Å². The zero-order chi connectivity index (χ0) is 9.97. The molecule has 2 rings (SSSR count). The zero-order valence-electron chi connectivity index (χ0n) is 8.67. The van der Waals surface area contributed by atoms with Crippen LogP contribution in [0.5, 0.6) is 0 Å². The minimum absolute atomic E-state index is 0.188. The van der Waals surface area contributed by atoms with Crippen molar-refractivity contribution in [1.29, 1.82) is 0 Å². The van der Waals surface area contributed by atoms with Crippen molar-refractivity contribution >= 4 is 5.91 Å². The highest BCUT2D eigenvalue weighted by atomic mass is 16.2. The number of hydrogen-bond acceptors (Lipinski definition) is 2. The number of nitrogens with one attached hydrogen (secondary N) is 1. The molecule has 0 aromatic carbocycles. The summed E-state index contributed by atoms with van der Waals surface area (Å²) in [6, 6.07) is 0.435. The third-order valence-corrected chi connectivity index (χ3v) is 3.62. The van der Waals surface area contributed by atoms with Gasteiger partial charge in [-0.3, -0.25) is 4.79 Å². The predicted octanol–water partition coefficient (Wildman–Crippen LogP) is 1.17. The zero-order valence-corrected chi connectivity index (χ0v) is 8.67. The molecule has 14 heavy (non-hydrogen) atoms. The number of carbonyl (C=O) groups is 1. The Bertz CT molecular complexity index is 213. The van der Waals surface area contributed by atoms with E-state index in [2.05, 4.69) is 5.32 Å². The van der Waals surface area contributed by atoms with E-state index >= 15 is 0 Å². The highest BCUT2D eigenvalue weighted by molar-refractivity contribution is 5.79. The van der Waals surface area contributed by atoms with E-state index in [0.29, 0.717) is 5.92 Å². The molecule has 2 atom stereocenters. The molecule has 2 saturated carbocycles. The SMILES string of the molecule is NC1CCCCC1NC(=O)C1CCC1. The summed E-state index contributed by atoms with van der Waals surface area (Å²) in [5.41, 5.74) is 5.97. The van der Waals surface area contributed by atoms with E-state index in [9.17, 15) is 4.79 Å². The van der Waals surface area contributed by atoms with Crippen molar-refractivity contribution in [2.75, 3.05) is 0 Å². The van der Waals surface area contributed by atoms with Crippen molar-refractivity contribution in [1.82, 2.24) is 5.32 Å². The average molecular weight is 196 g/mol. The Morgan fingerprint density at radius 2 is 1.79 bits per heavy atom. The van der Waals surface area contributed by atoms with E-state index in [1.807, 2.05) is 0 Å². The Hall–Kier alpha value is -0.570. The van der Waals surface area contributed by atoms with Gasteiger partial charge < -0.3 is 11.1 Å². The summed E-state index contributed by atoms with van der Waals surface area (Å²) in [5, 5.41) is 3.11. The molecular weight excluding hydrogens is 176 g/mol. The van der Waals surface area contributed by atoms with Gasteiger partial charge in [-0.05, 0) is 25.7 Å². The summed E-state index contributed by atoms with van der Waals surface area (Å²) in [6.45, 7) is 0. The Morgan fingerprint density at radius 1 is 1.07 bits per heavy atom. The lowest BCUT2D eigenvalue weighted by molar-refractivity contribution is -0.128. The van der Waals surface area contributed by atoms with Gasteiger partial charge in [0.25, 0.3) is 0 Å². The topological polar surface area (TPSA) is 55.1 Å². The lowest BCUT2D eigenvalue weighted by Crippen LogP contribution is -2.51. The molecular formula is C11H20N2O. The van der Waals surface area contributed by atoms with Gasteiger partial charge in [0.1, 0.15) is 0 Å². The summed E-state index contributed by atoms with van der Waals surface area (Å²) >= 11 is 0. The van der Waals surface area contributed by atoms with Crippen LogP contribution in [0.1, 0.15) is 44.9 Å². The number of amides is 1. The second kappa shape index (κ2) is 4.30. The lowest BCUT2D eigenvalue weighted by atomic mass is 9.83. The number of hydrogen-bond donors (Lipinski definition) is 2. The molecule has 2 unspecified atom stereocenters. The van der Waals surface area contributed by atoms with Crippen molar-refractivity contribution in [2.24, 2.45) is 11.7 Å². The Balaban J connectivity index is 1.79. The first-order valence-corrected chi connectivity index (χ1v) is 5.83. The van der Waals surface area contributed by atoms with Gasteiger partial charge in [-0.2, -0.15) is 0 Å². The summed E-state index contributed by atoms with van der Waals surface area (Å²) in [6.07, 6.45) is 7.94. The highest BCUT2D eigenvalue weighted by Crippen LogP contribution is 2.27. The van der Waals surface area contributed by atoms with Gasteiger partial charge in [-0.15, -0.1) is 0 Å². The molecule has 0 spiro atoms. The van der Waals surface area contributed by atoms with Crippen molar-refractivity contribution < 1.29 is 4.79 Å². The summed E-state index contributed by atoms with van der Waals surface area (Å²) in [5.74, 6) is 0.544. The summed E-state index contributed by atoms with van der Waals surface area (Å²) in [4.78, 5) is 11.7. The van der Waals surface area contributed by atoms with Crippen LogP contribution in [0.25, 0.3) is 0 Å². The van der Waals surface area contributed by atoms with Crippen LogP contribution in [0, 0.1) is 5.92 Å². The molecule has 0 bridgehead atoms. The van der Waals surface area contributed by atoms with Crippen LogP contribution in [0.4, 0.5) is 0 Å². The molecule has 3 N–H and O–H groups in total. The van der Waals surface area contributed by atoms with Crippen LogP contribution >= 0.6 is 0 Å². The minimum atomic E-state index is 0.188. The van der Waals surface area contributed by atoms with E-state index in [4.69, 9.17) is 5.73 Å². The van der Waals surface area contributed by atoms with Crippen LogP contribution in [0.15, 0.2) is 0 Å². The van der Waals surface area contributed by atoms with Crippen LogP contribution in [-0.4, -0.2) is 18.0 Å². The van der Waals surface area contributed by atoms with E-state index in [-0.39, 0.29) is 18.0 Å². The smallest absolute Gasteiger partial charge is 0.223 e. The van der Waals surface area contributed by atoms with Crippen molar-refractivity contribution in [3.63, 3.8) is 0 Å². The third kappa shape index (κ3) is 2.08. The molecule has 0 aromatic heterocycles. The average Bonchev–Trinajstić information content (AvgIpc) is 2.05. The van der Waals surface area contributed by atoms with Crippen molar-refractivity contribution in [3.05, 3.63) is 0 Å². The van der Waals surface area contributed by atoms with Gasteiger partial charge >= 0.3 is 0 Å². The second-order valence-electron chi connectivity index (χ2n) is 4.69. The maximum absolute atomic E-state index is 11.7. The van der Waals surface area contributed by atoms with Crippen molar-refractivity contribution in [3.8, 4) is 0 Å². The van der Waals surface area contributed by atoms with Gasteiger partial charge in [0.05, 0.1) is 0 Å². The fourth-order valence-electron chi connectivity index (χ4n) is 2.31. The van der Waals surface area contributed by atoms with Gasteiger partial charge in [0.2, 0.25) is 5.91 Å². The molecule has 0 radical (unpaired) electrons. The Kier molecular flexibility index (Phi) is 3.06. The molecule has 1 amide bonds. The molecule has 80 valence electrons. The second-order valence-corrected chi connectivity index (χ2v) is 4.69. The maximum atomic E-state index is 11.7. The fourth-order valence-corrected chi connectivity index (χ4v) is 2.31. The molecule has 3 heteroatoms. The number of carbonyl (C=O) groups excluding carboxylic acids is 1. The van der Waals surface area contributed by atoms with Crippen LogP contribution in [-0.2, 0) is 4.79 Å². The van der Waals surface area contributed by atoms with Gasteiger partial charge in [0, 0.05) is 18.0 Å². The molecule has 0 heterocycles. The van der Waals surface area contributed by atoms with Crippen LogP contribution in [0.2, 0.25) is 0 Å². The molecule has 3 nitrogen and oxygen atoms in total. The normalized spacial score (nSPS) is 33.5. The van der Waals surface area contributed by atoms with Crippen LogP contribution < -0.4 is 11.1 Å². The molecule has 2 fully saturated rings. The predicted molar refractivity (Wildman–Crippen MR) is 55.7 cm³/mol. The van der Waals surface area contributed by atoms with E-state index in [1.54, 1.807) is 0 Å². The molecule has 2 aliphatic carbocycles. The van der Waals surface area contributed by atoms with Crippen LogP contribution in [0.3, 0.4) is 0 Å². The molecule has 0 aromatic rings. The number of nitrogens with two attached hydrogens (primary N) is 1. The van der Waals surface area contributed by atoms with Crippen molar-refractivity contribution in [2.45, 2.75) is 57.0 Å². The summed E-state index contributed by atoms with van der Waals surface area (Å²) in [7, 11) is 0. The monoisotopic (exact) mass is 196 g/mol. The fraction of sp³-hybridized carbons (Fsp3) is 0.909. The minimum Gasteiger partial charge on any atom is -0.352 e. The first-order valence-electron chi connectivity index (χ1n) is 5.83. The lowest BCUT2D eigenvalue weighted by Gasteiger charge is -2.32. The third-order valence-electron chi connectivity index (χ3n) is 3.62. The standard InChI is InChI=1S/C11H20N2O/c12-9-6-1-2-7-10(9)13-11(14)8-4-3-5-8/h8-10H,1-7,12H2,(H,13,14). The highest BCUT2D eigenvalue weighted by Gasteiger charge is 2.29. The first-order chi connectivity index (χ1) is 6.77. The largest absolute Gasteiger partial charge is 0.352 e. The first kappa shape index (κ1) is 9.97. The van der Waals surface area contributed by atoms with Gasteiger partial charge in [0.15, 0.2) is 0 Å². The van der Waals surface area contributed by atoms with Gasteiger partial charge in [-0.1, -0.05) is 19.3 Å². The Morgan fingerprint density at radius 3 is 2.36 bits per heavy atom. The van der Waals surface area contributed by atoms with E-state index < -0.39 is 0 Å².